The summed E-state index contributed by atoms with van der Waals surface area (Å²) >= 11 is 3.41. The topological polar surface area (TPSA) is 46.5 Å². The van der Waals surface area contributed by atoms with E-state index in [4.69, 9.17) is 4.74 Å². The molecule has 0 fully saturated rings. The highest BCUT2D eigenvalue weighted by Crippen LogP contribution is 2.35. The summed E-state index contributed by atoms with van der Waals surface area (Å²) in [5, 5.41) is 10.1. The smallest absolute Gasteiger partial charge is 0.323 e. The van der Waals surface area contributed by atoms with E-state index >= 15 is 0 Å². The van der Waals surface area contributed by atoms with Gasteiger partial charge in [0.05, 0.1) is 20.4 Å². The average molecular weight is 381 g/mol. The van der Waals surface area contributed by atoms with Crippen LogP contribution in [0.2, 0.25) is 0 Å². The van der Waals surface area contributed by atoms with Gasteiger partial charge in [0.15, 0.2) is 0 Å². The SMILES string of the molecule is COC(=O)C(CO)(c1ccccc1)c1ccc(CCF)c(Br)c1. The number of hydrogen-bond acceptors (Lipinski definition) is 3. The Morgan fingerprint density at radius 2 is 1.91 bits per heavy atom. The van der Waals surface area contributed by atoms with Crippen LogP contribution >= 0.6 is 15.9 Å². The third kappa shape index (κ3) is 3.31. The van der Waals surface area contributed by atoms with Crippen LogP contribution in [0.1, 0.15) is 16.7 Å². The van der Waals surface area contributed by atoms with Gasteiger partial charge in [0.2, 0.25) is 0 Å². The maximum Gasteiger partial charge on any atom is 0.323 e. The predicted octanol–water partition coefficient (Wildman–Crippen LogP) is 3.41. The van der Waals surface area contributed by atoms with Gasteiger partial charge in [-0.3, -0.25) is 9.18 Å². The van der Waals surface area contributed by atoms with E-state index < -0.39 is 24.7 Å². The molecule has 0 aliphatic rings. The van der Waals surface area contributed by atoms with Crippen LogP contribution in [0.15, 0.2) is 53.0 Å². The number of benzene rings is 2. The minimum atomic E-state index is -1.31. The van der Waals surface area contributed by atoms with Crippen molar-refractivity contribution in [1.82, 2.24) is 0 Å². The van der Waals surface area contributed by atoms with Gasteiger partial charge < -0.3 is 9.84 Å². The minimum Gasteiger partial charge on any atom is -0.468 e. The quantitative estimate of drug-likeness (QED) is 0.781. The lowest BCUT2D eigenvalue weighted by Crippen LogP contribution is -2.41. The van der Waals surface area contributed by atoms with Crippen LogP contribution in [-0.2, 0) is 21.4 Å². The average Bonchev–Trinajstić information content (AvgIpc) is 2.59. The number of carbonyl (C=O) groups excluding carboxylic acids is 1. The monoisotopic (exact) mass is 380 g/mol. The number of halogens is 2. The molecule has 0 aliphatic carbocycles. The summed E-state index contributed by atoms with van der Waals surface area (Å²) in [6.07, 6.45) is 0.288. The Kier molecular flexibility index (Phi) is 5.91. The Morgan fingerprint density at radius 1 is 1.22 bits per heavy atom. The molecule has 0 aliphatic heterocycles. The molecular formula is C18H18BrFO3. The van der Waals surface area contributed by atoms with Gasteiger partial charge in [-0.05, 0) is 22.8 Å². The lowest BCUT2D eigenvalue weighted by atomic mass is 9.75. The fourth-order valence-corrected chi connectivity index (χ4v) is 3.24. The molecule has 0 radical (unpaired) electrons. The first-order chi connectivity index (χ1) is 11.1. The molecule has 2 aromatic rings. The number of hydrogen-bond donors (Lipinski definition) is 1. The highest BCUT2D eigenvalue weighted by molar-refractivity contribution is 9.10. The molecule has 1 atom stereocenters. The predicted molar refractivity (Wildman–Crippen MR) is 90.1 cm³/mol. The maximum absolute atomic E-state index is 12.6. The van der Waals surface area contributed by atoms with Crippen molar-refractivity contribution in [2.75, 3.05) is 20.4 Å². The lowest BCUT2D eigenvalue weighted by molar-refractivity contribution is -0.147. The largest absolute Gasteiger partial charge is 0.468 e. The van der Waals surface area contributed by atoms with E-state index in [1.165, 1.54) is 7.11 Å². The Balaban J connectivity index is 2.63. The van der Waals surface area contributed by atoms with Crippen molar-refractivity contribution in [3.63, 3.8) is 0 Å². The number of aryl methyl sites for hydroxylation is 1. The fourth-order valence-electron chi connectivity index (χ4n) is 2.66. The van der Waals surface area contributed by atoms with E-state index in [1.54, 1.807) is 42.5 Å². The summed E-state index contributed by atoms with van der Waals surface area (Å²) in [7, 11) is 1.29. The molecule has 2 rings (SSSR count). The number of ether oxygens (including phenoxy) is 1. The molecule has 3 nitrogen and oxygen atoms in total. The summed E-state index contributed by atoms with van der Waals surface area (Å²) in [6.45, 7) is -0.892. The Morgan fingerprint density at radius 3 is 2.43 bits per heavy atom. The first-order valence-corrected chi connectivity index (χ1v) is 7.99. The number of methoxy groups -OCH3 is 1. The van der Waals surface area contributed by atoms with E-state index in [2.05, 4.69) is 15.9 Å². The Bertz CT molecular complexity index is 675. The lowest BCUT2D eigenvalue weighted by Gasteiger charge is -2.30. The van der Waals surface area contributed by atoms with Gasteiger partial charge in [-0.15, -0.1) is 0 Å². The fraction of sp³-hybridized carbons (Fsp3) is 0.278. The van der Waals surface area contributed by atoms with Gasteiger partial charge in [0.25, 0.3) is 0 Å². The molecule has 1 N–H and O–H groups in total. The second kappa shape index (κ2) is 7.70. The van der Waals surface area contributed by atoms with Crippen molar-refractivity contribution in [3.05, 3.63) is 69.7 Å². The van der Waals surface area contributed by atoms with Crippen LogP contribution in [0, 0.1) is 0 Å². The van der Waals surface area contributed by atoms with Crippen molar-refractivity contribution in [3.8, 4) is 0 Å². The highest BCUT2D eigenvalue weighted by atomic mass is 79.9. The zero-order chi connectivity index (χ0) is 16.9. The van der Waals surface area contributed by atoms with E-state index in [0.29, 0.717) is 15.6 Å². The van der Waals surface area contributed by atoms with Crippen molar-refractivity contribution in [2.24, 2.45) is 0 Å². The summed E-state index contributed by atoms with van der Waals surface area (Å²) in [5.41, 5.74) is 0.723. The van der Waals surface area contributed by atoms with Crippen LogP contribution in [0.3, 0.4) is 0 Å². The zero-order valence-corrected chi connectivity index (χ0v) is 14.3. The molecule has 0 spiro atoms. The number of esters is 1. The highest BCUT2D eigenvalue weighted by Gasteiger charge is 2.43. The number of aliphatic hydroxyl groups excluding tert-OH is 1. The molecule has 0 saturated heterocycles. The van der Waals surface area contributed by atoms with Crippen LogP contribution in [0.4, 0.5) is 4.39 Å². The number of rotatable bonds is 6. The molecule has 0 saturated carbocycles. The molecule has 23 heavy (non-hydrogen) atoms. The van der Waals surface area contributed by atoms with Gasteiger partial charge in [-0.1, -0.05) is 58.4 Å². The third-order valence-corrected chi connectivity index (χ3v) is 4.69. The molecule has 0 amide bonds. The molecule has 5 heteroatoms. The number of aliphatic hydroxyl groups is 1. The molecule has 0 bridgehead atoms. The van der Waals surface area contributed by atoms with Crippen molar-refractivity contribution < 1.29 is 19.0 Å². The van der Waals surface area contributed by atoms with Crippen LogP contribution in [0.25, 0.3) is 0 Å². The number of carbonyl (C=O) groups is 1. The van der Waals surface area contributed by atoms with E-state index in [1.807, 2.05) is 6.07 Å². The van der Waals surface area contributed by atoms with Gasteiger partial charge >= 0.3 is 5.97 Å². The van der Waals surface area contributed by atoms with E-state index in [0.717, 1.165) is 5.56 Å². The van der Waals surface area contributed by atoms with Gasteiger partial charge in [0.1, 0.15) is 5.41 Å². The molecule has 2 aromatic carbocycles. The summed E-state index contributed by atoms with van der Waals surface area (Å²) in [6, 6.07) is 14.2. The van der Waals surface area contributed by atoms with Crippen molar-refractivity contribution in [2.45, 2.75) is 11.8 Å². The Labute approximate surface area is 143 Å². The van der Waals surface area contributed by atoms with Gasteiger partial charge in [-0.25, -0.2) is 0 Å². The van der Waals surface area contributed by atoms with Gasteiger partial charge in [0, 0.05) is 10.9 Å². The first kappa shape index (κ1) is 17.6. The second-order valence-electron chi connectivity index (χ2n) is 5.17. The van der Waals surface area contributed by atoms with Gasteiger partial charge in [-0.2, -0.15) is 0 Å². The molecule has 0 aromatic heterocycles. The minimum absolute atomic E-state index is 0.288. The maximum atomic E-state index is 12.6. The summed E-state index contributed by atoms with van der Waals surface area (Å²) in [5.74, 6) is -0.545. The van der Waals surface area contributed by atoms with Crippen LogP contribution in [0.5, 0.6) is 0 Å². The van der Waals surface area contributed by atoms with Crippen LogP contribution in [-0.4, -0.2) is 31.5 Å². The Hall–Kier alpha value is -1.72. The summed E-state index contributed by atoms with van der Waals surface area (Å²) < 4.78 is 18.2. The first-order valence-electron chi connectivity index (χ1n) is 7.19. The molecule has 0 heterocycles. The van der Waals surface area contributed by atoms with Crippen molar-refractivity contribution >= 4 is 21.9 Å². The van der Waals surface area contributed by atoms with E-state index in [9.17, 15) is 14.3 Å². The molecule has 122 valence electrons. The molecular weight excluding hydrogens is 363 g/mol. The van der Waals surface area contributed by atoms with Crippen molar-refractivity contribution in [1.29, 1.82) is 0 Å². The number of alkyl halides is 1. The zero-order valence-electron chi connectivity index (χ0n) is 12.8. The normalized spacial score (nSPS) is 13.4. The standard InChI is InChI=1S/C18H18BrFO3/c1-23-17(22)18(12-21,14-5-3-2-4-6-14)15-8-7-13(9-10-20)16(19)11-15/h2-8,11,21H,9-10,12H2,1H3. The molecule has 1 unspecified atom stereocenters. The third-order valence-electron chi connectivity index (χ3n) is 3.95. The van der Waals surface area contributed by atoms with Crippen LogP contribution < -0.4 is 0 Å². The summed E-state index contributed by atoms with van der Waals surface area (Å²) in [4.78, 5) is 12.5. The van der Waals surface area contributed by atoms with E-state index in [-0.39, 0.29) is 6.42 Å². The second-order valence-corrected chi connectivity index (χ2v) is 6.02.